The van der Waals surface area contributed by atoms with Crippen LogP contribution < -0.4 is 5.32 Å². The van der Waals surface area contributed by atoms with Crippen molar-refractivity contribution in [2.45, 2.75) is 65.3 Å². The topological polar surface area (TPSA) is 32.3 Å². The molecular weight excluding hydrogens is 198 g/mol. The quantitative estimate of drug-likeness (QED) is 0.731. The molecule has 1 aliphatic carbocycles. The molecule has 0 radical (unpaired) electrons. The Bertz CT molecular complexity index is 191. The second-order valence-electron chi connectivity index (χ2n) is 6.34. The van der Waals surface area contributed by atoms with Crippen LogP contribution >= 0.6 is 0 Å². The lowest BCUT2D eigenvalue weighted by Gasteiger charge is -2.32. The van der Waals surface area contributed by atoms with E-state index in [-0.39, 0.29) is 0 Å². The molecular formula is C14H29NO. The Labute approximate surface area is 101 Å². The molecule has 0 aromatic rings. The summed E-state index contributed by atoms with van der Waals surface area (Å²) in [6.07, 6.45) is 7.52. The monoisotopic (exact) mass is 227 g/mol. The van der Waals surface area contributed by atoms with Gasteiger partial charge in [-0.25, -0.2) is 0 Å². The molecule has 0 aliphatic heterocycles. The lowest BCUT2D eigenvalue weighted by atomic mass is 9.84. The Hall–Kier alpha value is -0.0800. The molecule has 2 atom stereocenters. The van der Waals surface area contributed by atoms with Crippen molar-refractivity contribution in [3.63, 3.8) is 0 Å². The molecule has 0 heterocycles. The highest BCUT2D eigenvalue weighted by Crippen LogP contribution is 2.26. The van der Waals surface area contributed by atoms with E-state index in [4.69, 9.17) is 5.11 Å². The van der Waals surface area contributed by atoms with E-state index in [1.807, 2.05) is 0 Å². The summed E-state index contributed by atoms with van der Waals surface area (Å²) in [4.78, 5) is 0. The molecule has 0 aromatic carbocycles. The zero-order valence-electron chi connectivity index (χ0n) is 11.3. The molecule has 1 fully saturated rings. The first kappa shape index (κ1) is 14.0. The lowest BCUT2D eigenvalue weighted by molar-refractivity contribution is 0.218. The minimum atomic E-state index is 0.323. The van der Waals surface area contributed by atoms with Crippen molar-refractivity contribution < 1.29 is 5.11 Å². The van der Waals surface area contributed by atoms with Gasteiger partial charge in [0.2, 0.25) is 0 Å². The van der Waals surface area contributed by atoms with Gasteiger partial charge in [-0.3, -0.25) is 0 Å². The van der Waals surface area contributed by atoms with Gasteiger partial charge in [-0.05, 0) is 37.0 Å². The van der Waals surface area contributed by atoms with E-state index < -0.39 is 0 Å². The fourth-order valence-electron chi connectivity index (χ4n) is 2.69. The van der Waals surface area contributed by atoms with E-state index in [0.717, 1.165) is 31.3 Å². The summed E-state index contributed by atoms with van der Waals surface area (Å²) in [7, 11) is 0. The molecule has 2 heteroatoms. The minimum Gasteiger partial charge on any atom is -0.396 e. The number of aliphatic hydroxyl groups excluding tert-OH is 1. The summed E-state index contributed by atoms with van der Waals surface area (Å²) in [5.41, 5.74) is 0.323. The summed E-state index contributed by atoms with van der Waals surface area (Å²) in [6, 6.07) is 0.733. The standard InChI is InChI=1S/C14H29NO/c1-12-6-4-7-13(10-12)15-11-14(2,3)8-5-9-16/h12-13,15-16H,4-11H2,1-3H3. The second kappa shape index (κ2) is 6.61. The van der Waals surface area contributed by atoms with Crippen LogP contribution in [0.2, 0.25) is 0 Å². The molecule has 2 unspecified atom stereocenters. The molecule has 16 heavy (non-hydrogen) atoms. The smallest absolute Gasteiger partial charge is 0.0431 e. The minimum absolute atomic E-state index is 0.323. The summed E-state index contributed by atoms with van der Waals surface area (Å²) >= 11 is 0. The van der Waals surface area contributed by atoms with Crippen molar-refractivity contribution >= 4 is 0 Å². The van der Waals surface area contributed by atoms with Crippen molar-refractivity contribution in [1.82, 2.24) is 5.32 Å². The van der Waals surface area contributed by atoms with E-state index in [1.54, 1.807) is 0 Å². The predicted octanol–water partition coefficient (Wildman–Crippen LogP) is 2.95. The van der Waals surface area contributed by atoms with Gasteiger partial charge in [0.25, 0.3) is 0 Å². The summed E-state index contributed by atoms with van der Waals surface area (Å²) in [5, 5.41) is 12.6. The van der Waals surface area contributed by atoms with Gasteiger partial charge in [0, 0.05) is 19.2 Å². The third-order valence-electron chi connectivity index (χ3n) is 3.82. The number of hydrogen-bond acceptors (Lipinski definition) is 2. The Morgan fingerprint density at radius 3 is 2.69 bits per heavy atom. The van der Waals surface area contributed by atoms with Crippen LogP contribution in [0.3, 0.4) is 0 Å². The van der Waals surface area contributed by atoms with Crippen molar-refractivity contribution in [2.24, 2.45) is 11.3 Å². The molecule has 1 aliphatic rings. The van der Waals surface area contributed by atoms with E-state index in [1.165, 1.54) is 25.7 Å². The molecule has 0 saturated heterocycles. The van der Waals surface area contributed by atoms with E-state index in [2.05, 4.69) is 26.1 Å². The third kappa shape index (κ3) is 5.31. The SMILES string of the molecule is CC1CCCC(NCC(C)(C)CCCO)C1. The average Bonchev–Trinajstić information content (AvgIpc) is 2.24. The summed E-state index contributed by atoms with van der Waals surface area (Å²) < 4.78 is 0. The highest BCUT2D eigenvalue weighted by Gasteiger charge is 2.22. The molecule has 1 rings (SSSR count). The fourth-order valence-corrected chi connectivity index (χ4v) is 2.69. The fraction of sp³-hybridized carbons (Fsp3) is 1.00. The first-order chi connectivity index (χ1) is 7.53. The maximum Gasteiger partial charge on any atom is 0.0431 e. The van der Waals surface area contributed by atoms with Gasteiger partial charge < -0.3 is 10.4 Å². The van der Waals surface area contributed by atoms with Crippen LogP contribution in [-0.2, 0) is 0 Å². The second-order valence-corrected chi connectivity index (χ2v) is 6.34. The van der Waals surface area contributed by atoms with Crippen LogP contribution in [0.25, 0.3) is 0 Å². The maximum atomic E-state index is 8.86. The van der Waals surface area contributed by atoms with Crippen LogP contribution in [0, 0.1) is 11.3 Å². The Balaban J connectivity index is 2.21. The molecule has 2 nitrogen and oxygen atoms in total. The average molecular weight is 227 g/mol. The van der Waals surface area contributed by atoms with Gasteiger partial charge in [0.05, 0.1) is 0 Å². The number of nitrogens with one attached hydrogen (secondary N) is 1. The van der Waals surface area contributed by atoms with Gasteiger partial charge >= 0.3 is 0 Å². The zero-order valence-corrected chi connectivity index (χ0v) is 11.3. The van der Waals surface area contributed by atoms with Crippen LogP contribution in [0.4, 0.5) is 0 Å². The molecule has 1 saturated carbocycles. The Morgan fingerprint density at radius 1 is 1.31 bits per heavy atom. The molecule has 0 aromatic heterocycles. The summed E-state index contributed by atoms with van der Waals surface area (Å²) in [6.45, 7) is 8.36. The van der Waals surface area contributed by atoms with Gasteiger partial charge in [-0.2, -0.15) is 0 Å². The first-order valence-electron chi connectivity index (χ1n) is 6.88. The molecule has 2 N–H and O–H groups in total. The van der Waals surface area contributed by atoms with Crippen molar-refractivity contribution in [2.75, 3.05) is 13.2 Å². The normalized spacial score (nSPS) is 27.0. The number of hydrogen-bond donors (Lipinski definition) is 2. The molecule has 0 bridgehead atoms. The zero-order chi connectivity index (χ0) is 12.0. The van der Waals surface area contributed by atoms with E-state index in [9.17, 15) is 0 Å². The lowest BCUT2D eigenvalue weighted by Crippen LogP contribution is -2.39. The van der Waals surface area contributed by atoms with Gasteiger partial charge in [0.1, 0.15) is 0 Å². The van der Waals surface area contributed by atoms with Crippen LogP contribution in [-0.4, -0.2) is 24.3 Å². The van der Waals surface area contributed by atoms with Crippen molar-refractivity contribution in [3.8, 4) is 0 Å². The summed E-state index contributed by atoms with van der Waals surface area (Å²) in [5.74, 6) is 0.895. The number of aliphatic hydroxyl groups is 1. The Morgan fingerprint density at radius 2 is 2.06 bits per heavy atom. The maximum absolute atomic E-state index is 8.86. The van der Waals surface area contributed by atoms with Crippen molar-refractivity contribution in [3.05, 3.63) is 0 Å². The van der Waals surface area contributed by atoms with Gasteiger partial charge in [-0.15, -0.1) is 0 Å². The van der Waals surface area contributed by atoms with Gasteiger partial charge in [0.15, 0.2) is 0 Å². The Kier molecular flexibility index (Phi) is 5.77. The third-order valence-corrected chi connectivity index (χ3v) is 3.82. The van der Waals surface area contributed by atoms with E-state index in [0.29, 0.717) is 12.0 Å². The van der Waals surface area contributed by atoms with Gasteiger partial charge in [-0.1, -0.05) is 33.6 Å². The van der Waals surface area contributed by atoms with Crippen molar-refractivity contribution in [1.29, 1.82) is 0 Å². The molecule has 0 spiro atoms. The largest absolute Gasteiger partial charge is 0.396 e. The number of rotatable bonds is 6. The molecule has 96 valence electrons. The van der Waals surface area contributed by atoms with Crippen LogP contribution in [0.5, 0.6) is 0 Å². The molecule has 0 amide bonds. The van der Waals surface area contributed by atoms with E-state index >= 15 is 0 Å². The first-order valence-corrected chi connectivity index (χ1v) is 6.88. The highest BCUT2D eigenvalue weighted by molar-refractivity contribution is 4.79. The predicted molar refractivity (Wildman–Crippen MR) is 69.5 cm³/mol. The highest BCUT2D eigenvalue weighted by atomic mass is 16.2. The van der Waals surface area contributed by atoms with Crippen LogP contribution in [0.1, 0.15) is 59.3 Å². The van der Waals surface area contributed by atoms with Crippen LogP contribution in [0.15, 0.2) is 0 Å².